The minimum atomic E-state index is -3.30. The van der Waals surface area contributed by atoms with E-state index in [1.807, 2.05) is 13.0 Å². The molecule has 18 heavy (non-hydrogen) atoms. The van der Waals surface area contributed by atoms with Gasteiger partial charge in [0.15, 0.2) is 0 Å². The molecule has 0 radical (unpaired) electrons. The van der Waals surface area contributed by atoms with Gasteiger partial charge in [-0.2, -0.15) is 0 Å². The van der Waals surface area contributed by atoms with Gasteiger partial charge < -0.3 is 0 Å². The van der Waals surface area contributed by atoms with Gasteiger partial charge in [-0.05, 0) is 47.3 Å². The van der Waals surface area contributed by atoms with Crippen LogP contribution in [0.25, 0.3) is 0 Å². The monoisotopic (exact) mass is 332 g/mol. The minimum absolute atomic E-state index is 0.268. The predicted molar refractivity (Wildman–Crippen MR) is 76.1 cm³/mol. The largest absolute Gasteiger partial charge is 0.267 e. The number of hydrogen-bond donors (Lipinski definition) is 1. The molecule has 0 saturated heterocycles. The van der Waals surface area contributed by atoms with Crippen molar-refractivity contribution in [2.75, 3.05) is 4.72 Å². The molecular weight excluding hydrogens is 316 g/mol. The highest BCUT2D eigenvalue weighted by Crippen LogP contribution is 2.26. The molecule has 1 aromatic heterocycles. The number of hydrogen-bond acceptors (Lipinski definition) is 3. The quantitative estimate of drug-likeness (QED) is 0.924. The van der Waals surface area contributed by atoms with E-state index < -0.39 is 10.0 Å². The molecular formula is C12H17BrN2O2S. The van der Waals surface area contributed by atoms with Crippen molar-refractivity contribution in [2.24, 2.45) is 0 Å². The normalized spacial score (nSPS) is 17.7. The second-order valence-corrected chi connectivity index (χ2v) is 7.60. The van der Waals surface area contributed by atoms with Crippen LogP contribution in [0.2, 0.25) is 0 Å². The highest BCUT2D eigenvalue weighted by molar-refractivity contribution is 9.10. The third-order valence-corrected chi connectivity index (χ3v) is 5.54. The minimum Gasteiger partial charge on any atom is -0.267 e. The number of nitrogens with zero attached hydrogens (tertiary/aromatic N) is 1. The van der Waals surface area contributed by atoms with Crippen LogP contribution in [0.3, 0.4) is 0 Å². The van der Waals surface area contributed by atoms with Gasteiger partial charge in [0.25, 0.3) is 0 Å². The van der Waals surface area contributed by atoms with Gasteiger partial charge in [-0.25, -0.2) is 13.4 Å². The summed E-state index contributed by atoms with van der Waals surface area (Å²) < 4.78 is 27.9. The molecule has 0 bridgehead atoms. The van der Waals surface area contributed by atoms with E-state index in [-0.39, 0.29) is 5.25 Å². The number of anilines is 1. The summed E-state index contributed by atoms with van der Waals surface area (Å²) in [6.45, 7) is 1.84. The Kier molecular flexibility index (Phi) is 4.27. The van der Waals surface area contributed by atoms with Crippen molar-refractivity contribution in [3.05, 3.63) is 22.3 Å². The summed E-state index contributed by atoms with van der Waals surface area (Å²) in [5.74, 6) is 0.434. The van der Waals surface area contributed by atoms with E-state index in [1.165, 1.54) is 0 Å². The lowest BCUT2D eigenvalue weighted by Gasteiger charge is -2.22. The molecule has 1 saturated carbocycles. The van der Waals surface area contributed by atoms with Crippen LogP contribution in [0.1, 0.15) is 37.7 Å². The molecule has 0 aromatic carbocycles. The van der Waals surface area contributed by atoms with Gasteiger partial charge in [0, 0.05) is 10.7 Å². The fourth-order valence-corrected chi connectivity index (χ4v) is 4.29. The lowest BCUT2D eigenvalue weighted by atomic mass is 10.0. The smallest absolute Gasteiger partial charge is 0.236 e. The summed E-state index contributed by atoms with van der Waals surface area (Å²) in [6.07, 6.45) is 6.25. The molecule has 0 atom stereocenters. The highest BCUT2D eigenvalue weighted by atomic mass is 79.9. The first-order valence-electron chi connectivity index (χ1n) is 6.13. The summed E-state index contributed by atoms with van der Waals surface area (Å²) in [6, 6.07) is 1.85. The number of nitrogens with one attached hydrogen (secondary N) is 1. The zero-order valence-corrected chi connectivity index (χ0v) is 12.7. The standard InChI is InChI=1S/C12H17BrN2O2S/c1-9-7-10(13)8-14-12(9)15-18(16,17)11-5-3-2-4-6-11/h7-8,11H,2-6H2,1H3,(H,14,15). The van der Waals surface area contributed by atoms with Crippen LogP contribution in [0.4, 0.5) is 5.82 Å². The number of aromatic nitrogens is 1. The SMILES string of the molecule is Cc1cc(Br)cnc1NS(=O)(=O)C1CCCCC1. The molecule has 1 aromatic rings. The Hall–Kier alpha value is -0.620. The third kappa shape index (κ3) is 3.23. The van der Waals surface area contributed by atoms with E-state index in [0.29, 0.717) is 5.82 Å². The van der Waals surface area contributed by atoms with Crippen molar-refractivity contribution in [1.82, 2.24) is 4.98 Å². The van der Waals surface area contributed by atoms with Crippen molar-refractivity contribution in [3.8, 4) is 0 Å². The van der Waals surface area contributed by atoms with Crippen LogP contribution in [-0.2, 0) is 10.0 Å². The number of pyridine rings is 1. The molecule has 1 N–H and O–H groups in total. The Morgan fingerprint density at radius 2 is 2.00 bits per heavy atom. The average Bonchev–Trinajstić information content (AvgIpc) is 2.34. The first-order chi connectivity index (χ1) is 8.49. The van der Waals surface area contributed by atoms with E-state index in [4.69, 9.17) is 0 Å². The predicted octanol–water partition coefficient (Wildman–Crippen LogP) is 3.23. The summed E-state index contributed by atoms with van der Waals surface area (Å²) in [5, 5.41) is -0.268. The average molecular weight is 333 g/mol. The van der Waals surface area contributed by atoms with Crippen LogP contribution < -0.4 is 4.72 Å². The molecule has 4 nitrogen and oxygen atoms in total. The number of halogens is 1. The Morgan fingerprint density at radius 1 is 1.33 bits per heavy atom. The highest BCUT2D eigenvalue weighted by Gasteiger charge is 2.27. The zero-order chi connectivity index (χ0) is 13.2. The van der Waals surface area contributed by atoms with Crippen LogP contribution >= 0.6 is 15.9 Å². The van der Waals surface area contributed by atoms with Gasteiger partial charge in [-0.3, -0.25) is 4.72 Å². The molecule has 1 heterocycles. The van der Waals surface area contributed by atoms with Crippen molar-refractivity contribution in [1.29, 1.82) is 0 Å². The lowest BCUT2D eigenvalue weighted by molar-refractivity contribution is 0.486. The Labute approximate surface area is 116 Å². The van der Waals surface area contributed by atoms with Crippen molar-refractivity contribution >= 4 is 31.8 Å². The number of rotatable bonds is 3. The Morgan fingerprint density at radius 3 is 2.61 bits per heavy atom. The van der Waals surface area contributed by atoms with Crippen LogP contribution in [0.5, 0.6) is 0 Å². The van der Waals surface area contributed by atoms with E-state index in [1.54, 1.807) is 6.20 Å². The van der Waals surface area contributed by atoms with Gasteiger partial charge in [0.1, 0.15) is 5.82 Å². The van der Waals surface area contributed by atoms with E-state index in [9.17, 15) is 8.42 Å². The van der Waals surface area contributed by atoms with Crippen LogP contribution in [-0.4, -0.2) is 18.7 Å². The van der Waals surface area contributed by atoms with Crippen molar-refractivity contribution in [3.63, 3.8) is 0 Å². The van der Waals surface area contributed by atoms with Gasteiger partial charge in [0.05, 0.1) is 5.25 Å². The number of aryl methyl sites for hydroxylation is 1. The van der Waals surface area contributed by atoms with E-state index in [2.05, 4.69) is 25.6 Å². The molecule has 0 amide bonds. The van der Waals surface area contributed by atoms with Crippen LogP contribution in [0.15, 0.2) is 16.7 Å². The zero-order valence-electron chi connectivity index (χ0n) is 10.3. The number of sulfonamides is 1. The Bertz CT molecular complexity index is 525. The van der Waals surface area contributed by atoms with E-state index in [0.717, 1.165) is 42.1 Å². The molecule has 1 fully saturated rings. The first-order valence-corrected chi connectivity index (χ1v) is 8.47. The molecule has 2 rings (SSSR count). The molecule has 6 heteroatoms. The summed E-state index contributed by atoms with van der Waals surface area (Å²) >= 11 is 3.31. The first kappa shape index (κ1) is 13.8. The summed E-state index contributed by atoms with van der Waals surface area (Å²) in [7, 11) is -3.30. The molecule has 100 valence electrons. The maximum absolute atomic E-state index is 12.2. The van der Waals surface area contributed by atoms with Gasteiger partial charge >= 0.3 is 0 Å². The van der Waals surface area contributed by atoms with Crippen molar-refractivity contribution < 1.29 is 8.42 Å². The van der Waals surface area contributed by atoms with E-state index >= 15 is 0 Å². The fourth-order valence-electron chi connectivity index (χ4n) is 2.24. The second kappa shape index (κ2) is 5.57. The molecule has 0 spiro atoms. The molecule has 0 unspecified atom stereocenters. The van der Waals surface area contributed by atoms with Gasteiger partial charge in [-0.1, -0.05) is 19.3 Å². The van der Waals surface area contributed by atoms with Gasteiger partial charge in [0.2, 0.25) is 10.0 Å². The van der Waals surface area contributed by atoms with Crippen LogP contribution in [0, 0.1) is 6.92 Å². The van der Waals surface area contributed by atoms with Crippen molar-refractivity contribution in [2.45, 2.75) is 44.3 Å². The summed E-state index contributed by atoms with van der Waals surface area (Å²) in [4.78, 5) is 4.12. The lowest BCUT2D eigenvalue weighted by Crippen LogP contribution is -2.30. The third-order valence-electron chi connectivity index (χ3n) is 3.27. The molecule has 1 aliphatic carbocycles. The molecule has 1 aliphatic rings. The second-order valence-electron chi connectivity index (χ2n) is 4.73. The Balaban J connectivity index is 2.16. The topological polar surface area (TPSA) is 59.1 Å². The fraction of sp³-hybridized carbons (Fsp3) is 0.583. The maximum atomic E-state index is 12.2. The molecule has 0 aliphatic heterocycles. The van der Waals surface area contributed by atoms with Gasteiger partial charge in [-0.15, -0.1) is 0 Å². The summed E-state index contributed by atoms with van der Waals surface area (Å²) in [5.41, 5.74) is 0.823. The maximum Gasteiger partial charge on any atom is 0.236 e.